The summed E-state index contributed by atoms with van der Waals surface area (Å²) in [5.41, 5.74) is 12.7. The smallest absolute Gasteiger partial charge is 0.207 e. The second kappa shape index (κ2) is 38.2. The van der Waals surface area contributed by atoms with Crippen molar-refractivity contribution in [2.75, 3.05) is 0 Å². The molecule has 9 aromatic carbocycles. The van der Waals surface area contributed by atoms with Gasteiger partial charge in [-0.25, -0.2) is 39.5 Å². The van der Waals surface area contributed by atoms with E-state index < -0.39 is 46.6 Å². The van der Waals surface area contributed by atoms with E-state index >= 15 is 0 Å². The van der Waals surface area contributed by atoms with Crippen molar-refractivity contribution < 1.29 is 52.7 Å². The number of hydrogen-bond donors (Lipinski definition) is 0. The van der Waals surface area contributed by atoms with Crippen molar-refractivity contribution >= 4 is 0 Å². The molecule has 0 heterocycles. The Balaban J connectivity index is 0.000000936. The van der Waals surface area contributed by atoms with Crippen LogP contribution in [0.25, 0.3) is 0 Å². The van der Waals surface area contributed by atoms with E-state index in [1.807, 2.05) is 39.0 Å². The van der Waals surface area contributed by atoms with Gasteiger partial charge in [0, 0.05) is 11.1 Å². The van der Waals surface area contributed by atoms with E-state index in [0.717, 1.165) is 16.7 Å². The average Bonchev–Trinajstić information content (AvgIpc) is 3.61. The third kappa shape index (κ3) is 31.6. The Morgan fingerprint density at radius 2 is 0.353 bits per heavy atom. The molecule has 0 saturated heterocycles. The predicted octanol–water partition coefficient (Wildman–Crippen LogP) is 23.3. The van der Waals surface area contributed by atoms with Crippen molar-refractivity contribution in [1.82, 2.24) is 0 Å². The fraction of sp³-hybridized carbons (Fsp3) is 0.260. The molecular formula is C73H82F12. The molecule has 0 spiro atoms. The minimum Gasteiger partial charge on any atom is -0.207 e. The highest BCUT2D eigenvalue weighted by Crippen LogP contribution is 2.34. The largest absolute Gasteiger partial charge is 0.422 e. The van der Waals surface area contributed by atoms with Crippen LogP contribution in [0.3, 0.4) is 0 Å². The van der Waals surface area contributed by atoms with Gasteiger partial charge in [0.1, 0.15) is 57.9 Å². The van der Waals surface area contributed by atoms with Crippen molar-refractivity contribution in [2.45, 2.75) is 131 Å². The molecule has 12 heteroatoms. The van der Waals surface area contributed by atoms with E-state index in [1.54, 1.807) is 52.8 Å². The van der Waals surface area contributed by atoms with Gasteiger partial charge in [0.15, 0.2) is 0 Å². The van der Waals surface area contributed by atoms with E-state index in [4.69, 9.17) is 0 Å². The lowest BCUT2D eigenvalue weighted by Crippen LogP contribution is -2.11. The topological polar surface area (TPSA) is 0 Å². The third-order valence-electron chi connectivity index (χ3n) is 12.0. The molecule has 0 aliphatic rings. The maximum Gasteiger partial charge on any atom is 0.422 e. The highest BCUT2D eigenvalue weighted by atomic mass is 19.4. The van der Waals surface area contributed by atoms with E-state index in [-0.39, 0.29) is 41.6 Å². The zero-order valence-corrected chi connectivity index (χ0v) is 51.1. The molecule has 458 valence electrons. The Morgan fingerprint density at radius 1 is 0.200 bits per heavy atom. The third-order valence-corrected chi connectivity index (χ3v) is 12.0. The van der Waals surface area contributed by atoms with Crippen LogP contribution >= 0.6 is 0 Å². The maximum atomic E-state index is 12.6. The highest BCUT2D eigenvalue weighted by molar-refractivity contribution is 5.29. The lowest BCUT2D eigenvalue weighted by atomic mass is 10.1. The van der Waals surface area contributed by atoms with Crippen LogP contribution in [0.2, 0.25) is 0 Å². The molecule has 0 saturated carbocycles. The number of rotatable bonds is 0. The van der Waals surface area contributed by atoms with E-state index in [9.17, 15) is 52.7 Å². The number of hydrogen-bond acceptors (Lipinski definition) is 0. The summed E-state index contributed by atoms with van der Waals surface area (Å²) in [5.74, 6) is -5.40. The molecule has 0 aliphatic heterocycles. The van der Waals surface area contributed by atoms with Crippen LogP contribution < -0.4 is 0 Å². The maximum absolute atomic E-state index is 12.6. The molecular weight excluding hydrogens is 1100 g/mol. The standard InChI is InChI=1S/C8H5F5.2C8H8F2.3C8H9F.3C8H10.CH4/c1-4-2-5(9)7(6(10)3-4)8(11,12)13;2*1-5-3-7(9)6(2)8(10)4-5;3*1-6-3-4-7(2)8(9)5-6;3*1-7-3-5-8(2)6-4-7;/h2-3H,1H3;2*3-4H,1-2H3;3*3-5H,1-2H3;3*3-6H,1-2H3;1H4. The molecule has 0 N–H and O–H groups in total. The van der Waals surface area contributed by atoms with Gasteiger partial charge in [0.2, 0.25) is 0 Å². The number of aryl methyl sites for hydroxylation is 15. The Bertz CT molecular complexity index is 3000. The lowest BCUT2D eigenvalue weighted by molar-refractivity contribution is -0.142. The summed E-state index contributed by atoms with van der Waals surface area (Å²) in [7, 11) is 0. The first-order valence-corrected chi connectivity index (χ1v) is 26.7. The zero-order valence-electron chi connectivity index (χ0n) is 51.1. The summed E-state index contributed by atoms with van der Waals surface area (Å²) < 4.78 is 149. The van der Waals surface area contributed by atoms with Gasteiger partial charge in [-0.2, -0.15) is 13.2 Å². The molecule has 0 fully saturated rings. The quantitative estimate of drug-likeness (QED) is 0.133. The van der Waals surface area contributed by atoms with E-state index in [1.165, 1.54) is 96.6 Å². The summed E-state index contributed by atoms with van der Waals surface area (Å²) in [6.07, 6.45) is -4.98. The van der Waals surface area contributed by atoms with Gasteiger partial charge in [0.05, 0.1) is 0 Å². The van der Waals surface area contributed by atoms with Crippen LogP contribution in [0.1, 0.15) is 108 Å². The molecule has 9 aromatic rings. The van der Waals surface area contributed by atoms with Gasteiger partial charge in [-0.15, -0.1) is 0 Å². The summed E-state index contributed by atoms with van der Waals surface area (Å²) in [6, 6.07) is 47.7. The summed E-state index contributed by atoms with van der Waals surface area (Å²) in [4.78, 5) is 0. The monoisotopic (exact) mass is 1190 g/mol. The second-order valence-corrected chi connectivity index (χ2v) is 20.5. The molecule has 9 rings (SSSR count). The first kappa shape index (κ1) is 77.1. The first-order chi connectivity index (χ1) is 39.0. The van der Waals surface area contributed by atoms with Gasteiger partial charge in [0.25, 0.3) is 0 Å². The fourth-order valence-corrected chi connectivity index (χ4v) is 6.52. The highest BCUT2D eigenvalue weighted by Gasteiger charge is 2.37. The van der Waals surface area contributed by atoms with Crippen molar-refractivity contribution in [2.24, 2.45) is 0 Å². The van der Waals surface area contributed by atoms with Crippen LogP contribution in [0.5, 0.6) is 0 Å². The van der Waals surface area contributed by atoms with Crippen LogP contribution in [0.15, 0.2) is 164 Å². The molecule has 0 atom stereocenters. The molecule has 0 bridgehead atoms. The van der Waals surface area contributed by atoms with Crippen molar-refractivity contribution in [3.63, 3.8) is 0 Å². The number of alkyl halides is 3. The Morgan fingerprint density at radius 3 is 0.506 bits per heavy atom. The summed E-state index contributed by atoms with van der Waals surface area (Å²) in [6.45, 7) is 31.0. The van der Waals surface area contributed by atoms with Gasteiger partial charge >= 0.3 is 6.18 Å². The first-order valence-electron chi connectivity index (χ1n) is 26.7. The Kier molecular flexibility index (Phi) is 34.6. The minimum absolute atomic E-state index is 0. The van der Waals surface area contributed by atoms with Gasteiger partial charge < -0.3 is 0 Å². The zero-order chi connectivity index (χ0) is 64.2. The van der Waals surface area contributed by atoms with Crippen LogP contribution in [0.4, 0.5) is 52.7 Å². The van der Waals surface area contributed by atoms with Crippen molar-refractivity contribution in [3.8, 4) is 0 Å². The predicted molar refractivity (Wildman–Crippen MR) is 330 cm³/mol. The van der Waals surface area contributed by atoms with Crippen molar-refractivity contribution in [1.29, 1.82) is 0 Å². The SMILES string of the molecule is C.Cc1cc(F)c(C(F)(F)F)c(F)c1.Cc1cc(F)c(C)c(F)c1.Cc1cc(F)c(C)c(F)c1.Cc1ccc(C)c(F)c1.Cc1ccc(C)c(F)c1.Cc1ccc(C)c(F)c1.Cc1ccc(C)cc1.Cc1ccc(C)cc1.Cc1ccc(C)cc1. The Hall–Kier alpha value is -7.86. The summed E-state index contributed by atoms with van der Waals surface area (Å²) >= 11 is 0. The van der Waals surface area contributed by atoms with Crippen molar-refractivity contribution in [3.05, 3.63) is 316 Å². The average molecular weight is 1190 g/mol. The molecule has 0 aromatic heterocycles. The van der Waals surface area contributed by atoms with E-state index in [2.05, 4.69) is 114 Å². The molecule has 0 nitrogen and oxygen atoms in total. The molecule has 0 radical (unpaired) electrons. The normalized spacial score (nSPS) is 9.85. The fourth-order valence-electron chi connectivity index (χ4n) is 6.52. The minimum atomic E-state index is -4.98. The van der Waals surface area contributed by atoms with E-state index in [0.29, 0.717) is 39.9 Å². The molecule has 0 unspecified atom stereocenters. The number of benzene rings is 9. The Labute approximate surface area is 498 Å². The molecule has 0 aliphatic carbocycles. The molecule has 0 amide bonds. The summed E-state index contributed by atoms with van der Waals surface area (Å²) in [5, 5.41) is 0. The van der Waals surface area contributed by atoms with Crippen LogP contribution in [-0.2, 0) is 6.18 Å². The lowest BCUT2D eigenvalue weighted by Gasteiger charge is -2.09. The second-order valence-electron chi connectivity index (χ2n) is 20.5. The van der Waals surface area contributed by atoms with Crippen LogP contribution in [-0.4, -0.2) is 0 Å². The van der Waals surface area contributed by atoms with Gasteiger partial charge in [-0.05, 0) is 222 Å². The van der Waals surface area contributed by atoms with Gasteiger partial charge in [-0.3, -0.25) is 0 Å². The van der Waals surface area contributed by atoms with Crippen LogP contribution in [0, 0.1) is 170 Å². The molecule has 85 heavy (non-hydrogen) atoms. The number of halogens is 12. The van der Waals surface area contributed by atoms with Gasteiger partial charge in [-0.1, -0.05) is 150 Å².